The van der Waals surface area contributed by atoms with Crippen molar-refractivity contribution < 1.29 is 9.59 Å². The second-order valence-electron chi connectivity index (χ2n) is 6.01. The summed E-state index contributed by atoms with van der Waals surface area (Å²) in [5.74, 6) is -1.16. The maximum atomic E-state index is 12.2. The maximum absolute atomic E-state index is 12.2. The van der Waals surface area contributed by atoms with Crippen LogP contribution in [0.2, 0.25) is 0 Å². The van der Waals surface area contributed by atoms with Crippen LogP contribution in [0.1, 0.15) is 24.2 Å². The van der Waals surface area contributed by atoms with Crippen LogP contribution in [0, 0.1) is 25.7 Å². The van der Waals surface area contributed by atoms with Gasteiger partial charge in [0.25, 0.3) is 0 Å². The Labute approximate surface area is 134 Å². The maximum Gasteiger partial charge on any atom is 0.228 e. The van der Waals surface area contributed by atoms with Crippen LogP contribution in [0.4, 0.5) is 5.69 Å². The van der Waals surface area contributed by atoms with Crippen molar-refractivity contribution in [1.29, 1.82) is 0 Å². The van der Waals surface area contributed by atoms with Crippen molar-refractivity contribution in [2.75, 3.05) is 5.32 Å². The number of nitrogens with two attached hydrogens (primary N) is 1. The molecular weight excluding hydrogens is 292 g/mol. The van der Waals surface area contributed by atoms with Crippen LogP contribution >= 0.6 is 0 Å². The Morgan fingerprint density at radius 2 is 1.83 bits per heavy atom. The summed E-state index contributed by atoms with van der Waals surface area (Å²) >= 11 is 0. The van der Waals surface area contributed by atoms with Gasteiger partial charge in [0, 0.05) is 28.9 Å². The number of primary amides is 1. The van der Waals surface area contributed by atoms with Crippen molar-refractivity contribution in [2.24, 2.45) is 17.6 Å². The Morgan fingerprint density at radius 3 is 2.30 bits per heavy atom. The number of carbonyl (C=O) groups is 2. The van der Waals surface area contributed by atoms with E-state index in [1.807, 2.05) is 42.7 Å². The number of anilines is 1. The third-order valence-corrected chi connectivity index (χ3v) is 4.64. The monoisotopic (exact) mass is 312 g/mol. The van der Waals surface area contributed by atoms with Gasteiger partial charge < -0.3 is 15.6 Å². The second kappa shape index (κ2) is 5.87. The molecule has 6 heteroatoms. The van der Waals surface area contributed by atoms with Gasteiger partial charge in [-0.3, -0.25) is 9.59 Å². The Bertz CT molecular complexity index is 748. The first-order chi connectivity index (χ1) is 11.0. The molecule has 0 bridgehead atoms. The van der Waals surface area contributed by atoms with Gasteiger partial charge in [-0.15, -0.1) is 0 Å². The number of aryl methyl sites for hydroxylation is 1. The van der Waals surface area contributed by atoms with Gasteiger partial charge in [-0.2, -0.15) is 0 Å². The van der Waals surface area contributed by atoms with Crippen LogP contribution < -0.4 is 11.1 Å². The highest BCUT2D eigenvalue weighted by Gasteiger charge is 2.40. The van der Waals surface area contributed by atoms with Gasteiger partial charge in [-0.1, -0.05) is 0 Å². The van der Waals surface area contributed by atoms with E-state index >= 15 is 0 Å². The summed E-state index contributed by atoms with van der Waals surface area (Å²) in [7, 11) is 0. The van der Waals surface area contributed by atoms with Gasteiger partial charge in [-0.05, 0) is 51.0 Å². The van der Waals surface area contributed by atoms with Crippen molar-refractivity contribution in [1.82, 2.24) is 9.55 Å². The van der Waals surface area contributed by atoms with Crippen LogP contribution in [0.5, 0.6) is 0 Å². The van der Waals surface area contributed by atoms with Crippen molar-refractivity contribution in [3.63, 3.8) is 0 Å². The Balaban J connectivity index is 1.69. The van der Waals surface area contributed by atoms with E-state index in [1.54, 1.807) is 6.33 Å². The van der Waals surface area contributed by atoms with Crippen molar-refractivity contribution in [2.45, 2.75) is 26.7 Å². The number of rotatable bonds is 4. The smallest absolute Gasteiger partial charge is 0.228 e. The van der Waals surface area contributed by atoms with Crippen LogP contribution in [-0.2, 0) is 9.59 Å². The molecule has 3 N–H and O–H groups in total. The van der Waals surface area contributed by atoms with Crippen LogP contribution in [0.15, 0.2) is 30.6 Å². The number of hydrogen-bond donors (Lipinski definition) is 2. The zero-order valence-electron chi connectivity index (χ0n) is 13.2. The lowest BCUT2D eigenvalue weighted by Crippen LogP contribution is -2.43. The lowest BCUT2D eigenvalue weighted by atomic mass is 9.72. The molecule has 3 rings (SSSR count). The molecule has 0 spiro atoms. The predicted molar refractivity (Wildman–Crippen MR) is 87.1 cm³/mol. The third-order valence-electron chi connectivity index (χ3n) is 4.64. The molecule has 1 heterocycles. The topological polar surface area (TPSA) is 90.0 Å². The molecule has 6 nitrogen and oxygen atoms in total. The first kappa shape index (κ1) is 15.3. The van der Waals surface area contributed by atoms with E-state index in [2.05, 4.69) is 10.3 Å². The van der Waals surface area contributed by atoms with E-state index < -0.39 is 5.91 Å². The minimum absolute atomic E-state index is 0.137. The molecule has 1 aromatic carbocycles. The zero-order chi connectivity index (χ0) is 16.6. The van der Waals surface area contributed by atoms with E-state index in [-0.39, 0.29) is 17.7 Å². The summed E-state index contributed by atoms with van der Waals surface area (Å²) in [6, 6.07) is 7.55. The Hall–Kier alpha value is -2.63. The molecule has 23 heavy (non-hydrogen) atoms. The lowest BCUT2D eigenvalue weighted by molar-refractivity contribution is -0.135. The van der Waals surface area contributed by atoms with Crippen molar-refractivity contribution in [3.05, 3.63) is 42.0 Å². The number of amides is 2. The van der Waals surface area contributed by atoms with Crippen LogP contribution in [0.3, 0.4) is 0 Å². The van der Waals surface area contributed by atoms with E-state index in [0.717, 1.165) is 17.1 Å². The van der Waals surface area contributed by atoms with E-state index in [1.165, 1.54) is 0 Å². The highest BCUT2D eigenvalue weighted by atomic mass is 16.2. The summed E-state index contributed by atoms with van der Waals surface area (Å²) < 4.78 is 2.00. The lowest BCUT2D eigenvalue weighted by Gasteiger charge is -2.32. The van der Waals surface area contributed by atoms with Gasteiger partial charge >= 0.3 is 0 Å². The number of benzene rings is 1. The largest absolute Gasteiger partial charge is 0.369 e. The first-order valence-corrected chi connectivity index (χ1v) is 7.68. The summed E-state index contributed by atoms with van der Waals surface area (Å²) in [5.41, 5.74) is 9.06. The molecular formula is C17H20N4O2. The van der Waals surface area contributed by atoms with E-state index in [9.17, 15) is 9.59 Å². The van der Waals surface area contributed by atoms with Crippen molar-refractivity contribution >= 4 is 17.5 Å². The molecule has 0 saturated heterocycles. The van der Waals surface area contributed by atoms with E-state index in [4.69, 9.17) is 5.73 Å². The standard InChI is InChI=1S/C17H20N4O2/c1-10-11(2)21(9-19-10)13-5-3-12(4-6-13)20-17(23)15-8-7-14(15)16(18)22/h3-6,9,14-15H,7-8H2,1-2H3,(H2,18,22)(H,20,23). The molecule has 2 amide bonds. The highest BCUT2D eigenvalue weighted by Crippen LogP contribution is 2.34. The molecule has 1 aliphatic rings. The average Bonchev–Trinajstić information content (AvgIpc) is 2.78. The fraction of sp³-hybridized carbons (Fsp3) is 0.353. The second-order valence-corrected chi connectivity index (χ2v) is 6.01. The molecule has 2 aromatic rings. The molecule has 1 aliphatic carbocycles. The molecule has 0 radical (unpaired) electrons. The third kappa shape index (κ3) is 2.84. The number of imidazole rings is 1. The van der Waals surface area contributed by atoms with E-state index in [0.29, 0.717) is 18.5 Å². The average molecular weight is 312 g/mol. The Morgan fingerprint density at radius 1 is 1.17 bits per heavy atom. The number of carbonyl (C=O) groups excluding carboxylic acids is 2. The number of nitrogens with one attached hydrogen (secondary N) is 1. The van der Waals surface area contributed by atoms with Crippen LogP contribution in [-0.4, -0.2) is 21.4 Å². The highest BCUT2D eigenvalue weighted by molar-refractivity contribution is 5.96. The molecule has 2 unspecified atom stereocenters. The van der Waals surface area contributed by atoms with Gasteiger partial charge in [0.05, 0.1) is 12.0 Å². The normalized spacial score (nSPS) is 19.9. The quantitative estimate of drug-likeness (QED) is 0.904. The van der Waals surface area contributed by atoms with Gasteiger partial charge in [0.15, 0.2) is 0 Å². The van der Waals surface area contributed by atoms with Gasteiger partial charge in [-0.25, -0.2) is 4.98 Å². The predicted octanol–water partition coefficient (Wildman–Crippen LogP) is 1.94. The summed E-state index contributed by atoms with van der Waals surface area (Å²) in [4.78, 5) is 27.7. The minimum Gasteiger partial charge on any atom is -0.369 e. The number of nitrogens with zero attached hydrogens (tertiary/aromatic N) is 2. The molecule has 1 saturated carbocycles. The van der Waals surface area contributed by atoms with Gasteiger partial charge in [0.1, 0.15) is 0 Å². The summed E-state index contributed by atoms with van der Waals surface area (Å²) in [5, 5.41) is 2.86. The summed E-state index contributed by atoms with van der Waals surface area (Å²) in [6.07, 6.45) is 3.20. The van der Waals surface area contributed by atoms with Gasteiger partial charge in [0.2, 0.25) is 11.8 Å². The SMILES string of the molecule is Cc1ncn(-c2ccc(NC(=O)C3CCC3C(N)=O)cc2)c1C. The fourth-order valence-corrected chi connectivity index (χ4v) is 2.85. The number of aromatic nitrogens is 2. The van der Waals surface area contributed by atoms with Crippen LogP contribution in [0.25, 0.3) is 5.69 Å². The zero-order valence-corrected chi connectivity index (χ0v) is 13.2. The molecule has 1 fully saturated rings. The molecule has 1 aromatic heterocycles. The fourth-order valence-electron chi connectivity index (χ4n) is 2.85. The number of hydrogen-bond acceptors (Lipinski definition) is 3. The summed E-state index contributed by atoms with van der Waals surface area (Å²) in [6.45, 7) is 3.98. The molecule has 0 aliphatic heterocycles. The first-order valence-electron chi connectivity index (χ1n) is 7.68. The minimum atomic E-state index is -0.391. The molecule has 2 atom stereocenters. The van der Waals surface area contributed by atoms with Crippen molar-refractivity contribution in [3.8, 4) is 5.69 Å². The Kier molecular flexibility index (Phi) is 3.90. The molecule has 120 valence electrons.